The number of hydrogen-bond acceptors (Lipinski definition) is 0. The lowest BCUT2D eigenvalue weighted by Crippen LogP contribution is -2.01. The Morgan fingerprint density at radius 3 is 2.75 bits per heavy atom. The maximum atomic E-state index is 13.5. The highest BCUT2D eigenvalue weighted by atomic mass is 79.9. The molecule has 1 aromatic rings. The van der Waals surface area contributed by atoms with Gasteiger partial charge in [-0.15, -0.1) is 0 Å². The number of rotatable bonds is 5. The first-order valence-corrected chi connectivity index (χ1v) is 7.45. The van der Waals surface area contributed by atoms with Crippen molar-refractivity contribution in [2.45, 2.75) is 36.9 Å². The SMILES string of the molecule is Fc1cc(Br)ccc1CCCC(Br)C1CC1. The molecule has 0 nitrogen and oxygen atoms in total. The fourth-order valence-corrected chi connectivity index (χ4v) is 3.09. The standard InChI is InChI=1S/C13H15Br2F/c14-11-7-6-10(13(16)8-11)2-1-3-12(15)9-4-5-9/h6-9,12H,1-5H2. The zero-order valence-electron chi connectivity index (χ0n) is 9.06. The van der Waals surface area contributed by atoms with Gasteiger partial charge in [0.05, 0.1) is 0 Å². The van der Waals surface area contributed by atoms with Crippen LogP contribution in [0.1, 0.15) is 31.2 Å². The summed E-state index contributed by atoms with van der Waals surface area (Å²) in [5, 5.41) is 0. The van der Waals surface area contributed by atoms with Crippen LogP contribution >= 0.6 is 31.9 Å². The predicted molar refractivity (Wildman–Crippen MR) is 72.5 cm³/mol. The van der Waals surface area contributed by atoms with Crippen molar-refractivity contribution in [3.63, 3.8) is 0 Å². The summed E-state index contributed by atoms with van der Waals surface area (Å²) in [6, 6.07) is 5.33. The lowest BCUT2D eigenvalue weighted by molar-refractivity contribution is 0.591. The second kappa shape index (κ2) is 5.63. The largest absolute Gasteiger partial charge is 0.207 e. The van der Waals surface area contributed by atoms with Gasteiger partial charge in [0.25, 0.3) is 0 Å². The van der Waals surface area contributed by atoms with Gasteiger partial charge < -0.3 is 0 Å². The summed E-state index contributed by atoms with van der Waals surface area (Å²) in [6.45, 7) is 0. The second-order valence-electron chi connectivity index (χ2n) is 4.48. The van der Waals surface area contributed by atoms with Gasteiger partial charge in [0.15, 0.2) is 0 Å². The summed E-state index contributed by atoms with van der Waals surface area (Å²) in [6.07, 6.45) is 5.78. The molecule has 1 fully saturated rings. The second-order valence-corrected chi connectivity index (χ2v) is 6.57. The Balaban J connectivity index is 1.80. The van der Waals surface area contributed by atoms with E-state index in [-0.39, 0.29) is 5.82 Å². The summed E-state index contributed by atoms with van der Waals surface area (Å²) in [4.78, 5) is 0.644. The minimum absolute atomic E-state index is 0.0908. The molecular formula is C13H15Br2F. The molecule has 1 saturated carbocycles. The van der Waals surface area contributed by atoms with E-state index in [4.69, 9.17) is 0 Å². The van der Waals surface area contributed by atoms with Crippen LogP contribution in [0, 0.1) is 11.7 Å². The highest BCUT2D eigenvalue weighted by Crippen LogP contribution is 2.38. The molecule has 0 N–H and O–H groups in total. The molecule has 1 aromatic carbocycles. The van der Waals surface area contributed by atoms with Crippen molar-refractivity contribution in [1.82, 2.24) is 0 Å². The molecule has 1 unspecified atom stereocenters. The van der Waals surface area contributed by atoms with Crippen LogP contribution in [0.5, 0.6) is 0 Å². The van der Waals surface area contributed by atoms with E-state index in [0.717, 1.165) is 35.2 Å². The smallest absolute Gasteiger partial charge is 0.127 e. The Labute approximate surface area is 113 Å². The topological polar surface area (TPSA) is 0 Å². The molecule has 0 aliphatic heterocycles. The highest BCUT2D eigenvalue weighted by molar-refractivity contribution is 9.10. The van der Waals surface area contributed by atoms with Crippen molar-refractivity contribution in [3.05, 3.63) is 34.1 Å². The van der Waals surface area contributed by atoms with Crippen LogP contribution in [0.3, 0.4) is 0 Å². The molecule has 0 radical (unpaired) electrons. The maximum absolute atomic E-state index is 13.5. The molecule has 0 saturated heterocycles. The van der Waals surface area contributed by atoms with Crippen LogP contribution in [0.25, 0.3) is 0 Å². The maximum Gasteiger partial charge on any atom is 0.127 e. The third kappa shape index (κ3) is 3.56. The Morgan fingerprint density at radius 2 is 2.12 bits per heavy atom. The third-order valence-corrected chi connectivity index (χ3v) is 4.77. The molecule has 2 rings (SSSR count). The molecule has 16 heavy (non-hydrogen) atoms. The van der Waals surface area contributed by atoms with Crippen LogP contribution < -0.4 is 0 Å². The molecule has 0 amide bonds. The van der Waals surface area contributed by atoms with Crippen molar-refractivity contribution in [2.75, 3.05) is 0 Å². The van der Waals surface area contributed by atoms with Gasteiger partial charge >= 0.3 is 0 Å². The van der Waals surface area contributed by atoms with E-state index < -0.39 is 0 Å². The molecule has 88 valence electrons. The zero-order chi connectivity index (χ0) is 11.5. The molecule has 1 atom stereocenters. The van der Waals surface area contributed by atoms with E-state index in [1.807, 2.05) is 12.1 Å². The minimum Gasteiger partial charge on any atom is -0.207 e. The first kappa shape index (κ1) is 12.6. The average molecular weight is 350 g/mol. The molecule has 1 aliphatic rings. The monoisotopic (exact) mass is 348 g/mol. The Morgan fingerprint density at radius 1 is 1.38 bits per heavy atom. The number of hydrogen-bond donors (Lipinski definition) is 0. The highest BCUT2D eigenvalue weighted by Gasteiger charge is 2.28. The van der Waals surface area contributed by atoms with Gasteiger partial charge in [0, 0.05) is 9.30 Å². The summed E-state index contributed by atoms with van der Waals surface area (Å²) in [5.41, 5.74) is 0.832. The van der Waals surface area contributed by atoms with E-state index in [1.54, 1.807) is 6.07 Å². The van der Waals surface area contributed by atoms with Gasteiger partial charge in [0.2, 0.25) is 0 Å². The van der Waals surface area contributed by atoms with Crippen molar-refractivity contribution in [3.8, 4) is 0 Å². The first-order chi connectivity index (χ1) is 7.66. The normalized spacial score (nSPS) is 17.4. The number of alkyl halides is 1. The number of aryl methyl sites for hydroxylation is 1. The van der Waals surface area contributed by atoms with Gasteiger partial charge in [-0.3, -0.25) is 0 Å². The fraction of sp³-hybridized carbons (Fsp3) is 0.538. The molecular weight excluding hydrogens is 335 g/mol. The van der Waals surface area contributed by atoms with Crippen LogP contribution in [-0.2, 0) is 6.42 Å². The lowest BCUT2D eigenvalue weighted by atomic mass is 10.1. The molecule has 0 bridgehead atoms. The fourth-order valence-electron chi connectivity index (χ4n) is 1.91. The molecule has 0 aromatic heterocycles. The van der Waals surface area contributed by atoms with E-state index in [9.17, 15) is 4.39 Å². The van der Waals surface area contributed by atoms with Crippen LogP contribution in [0.2, 0.25) is 0 Å². The van der Waals surface area contributed by atoms with E-state index in [1.165, 1.54) is 12.8 Å². The van der Waals surface area contributed by atoms with Crippen molar-refractivity contribution >= 4 is 31.9 Å². The van der Waals surface area contributed by atoms with Crippen molar-refractivity contribution in [1.29, 1.82) is 0 Å². The molecule has 3 heteroatoms. The molecule has 1 aliphatic carbocycles. The minimum atomic E-state index is -0.0908. The van der Waals surface area contributed by atoms with Gasteiger partial charge in [-0.1, -0.05) is 37.9 Å². The van der Waals surface area contributed by atoms with Gasteiger partial charge in [-0.25, -0.2) is 4.39 Å². The summed E-state index contributed by atoms with van der Waals surface area (Å²) in [7, 11) is 0. The predicted octanol–water partition coefficient (Wildman–Crippen LogP) is 5.08. The van der Waals surface area contributed by atoms with Crippen LogP contribution in [0.4, 0.5) is 4.39 Å². The lowest BCUT2D eigenvalue weighted by Gasteiger charge is -2.08. The Hall–Kier alpha value is 0.110. The van der Waals surface area contributed by atoms with Gasteiger partial charge in [0.1, 0.15) is 5.82 Å². The van der Waals surface area contributed by atoms with Crippen molar-refractivity contribution < 1.29 is 4.39 Å². The number of benzene rings is 1. The van der Waals surface area contributed by atoms with Gasteiger partial charge in [-0.05, 0) is 55.7 Å². The quantitative estimate of drug-likeness (QED) is 0.650. The third-order valence-electron chi connectivity index (χ3n) is 3.07. The van der Waals surface area contributed by atoms with Crippen LogP contribution in [-0.4, -0.2) is 4.83 Å². The zero-order valence-corrected chi connectivity index (χ0v) is 12.2. The van der Waals surface area contributed by atoms with E-state index in [2.05, 4.69) is 31.9 Å². The number of halogens is 3. The average Bonchev–Trinajstić information content (AvgIpc) is 3.04. The molecule has 0 spiro atoms. The summed E-state index contributed by atoms with van der Waals surface area (Å²) < 4.78 is 14.3. The Kier molecular flexibility index (Phi) is 4.42. The van der Waals surface area contributed by atoms with E-state index in [0.29, 0.717) is 4.83 Å². The molecule has 0 heterocycles. The van der Waals surface area contributed by atoms with Crippen LogP contribution in [0.15, 0.2) is 22.7 Å². The summed E-state index contributed by atoms with van der Waals surface area (Å²) in [5.74, 6) is 0.793. The van der Waals surface area contributed by atoms with Crippen molar-refractivity contribution in [2.24, 2.45) is 5.92 Å². The first-order valence-electron chi connectivity index (χ1n) is 5.75. The summed E-state index contributed by atoms with van der Waals surface area (Å²) >= 11 is 6.97. The Bertz CT molecular complexity index is 361. The van der Waals surface area contributed by atoms with Gasteiger partial charge in [-0.2, -0.15) is 0 Å². The van der Waals surface area contributed by atoms with E-state index >= 15 is 0 Å².